The van der Waals surface area contributed by atoms with Crippen molar-refractivity contribution in [2.45, 2.75) is 52.0 Å². The van der Waals surface area contributed by atoms with Gasteiger partial charge in [-0.3, -0.25) is 9.10 Å². The van der Waals surface area contributed by atoms with E-state index in [2.05, 4.69) is 29.3 Å². The zero-order valence-electron chi connectivity index (χ0n) is 22.2. The molecule has 0 spiro atoms. The highest BCUT2D eigenvalue weighted by Crippen LogP contribution is 2.26. The lowest BCUT2D eigenvalue weighted by Crippen LogP contribution is -2.40. The van der Waals surface area contributed by atoms with E-state index in [9.17, 15) is 13.2 Å². The molecule has 1 unspecified atom stereocenters. The van der Waals surface area contributed by atoms with Gasteiger partial charge in [0.2, 0.25) is 5.91 Å². The average Bonchev–Trinajstić information content (AvgIpc) is 2.88. The summed E-state index contributed by atoms with van der Waals surface area (Å²) in [6, 6.07) is 20.4. The molecule has 0 bridgehead atoms. The van der Waals surface area contributed by atoms with Gasteiger partial charge in [-0.1, -0.05) is 42.8 Å². The first-order valence-electron chi connectivity index (χ1n) is 12.9. The van der Waals surface area contributed by atoms with Crippen molar-refractivity contribution in [3.63, 3.8) is 0 Å². The molecule has 0 saturated carbocycles. The molecule has 1 amide bonds. The molecule has 1 heterocycles. The van der Waals surface area contributed by atoms with Gasteiger partial charge in [0.05, 0.1) is 10.6 Å². The van der Waals surface area contributed by atoms with Gasteiger partial charge in [-0.2, -0.15) is 0 Å². The summed E-state index contributed by atoms with van der Waals surface area (Å²) in [4.78, 5) is 15.6. The SMILES string of the molecule is Cc1ccc(S(=O)(=O)N(CC(=O)NCc2ccc(N3CCCC(C)C3)cc2)c2ccc(C)c(C)c2)cc1. The van der Waals surface area contributed by atoms with Crippen LogP contribution in [0.1, 0.15) is 42.0 Å². The molecule has 1 N–H and O–H groups in total. The van der Waals surface area contributed by atoms with Gasteiger partial charge in [0.25, 0.3) is 10.0 Å². The maximum absolute atomic E-state index is 13.6. The summed E-state index contributed by atoms with van der Waals surface area (Å²) in [5.74, 6) is 0.340. The third-order valence-electron chi connectivity index (χ3n) is 7.12. The molecule has 3 aromatic carbocycles. The quantitative estimate of drug-likeness (QED) is 0.435. The number of benzene rings is 3. The van der Waals surface area contributed by atoms with Crippen LogP contribution in [0.15, 0.2) is 71.6 Å². The number of anilines is 2. The maximum atomic E-state index is 13.6. The molecule has 1 aliphatic rings. The lowest BCUT2D eigenvalue weighted by Gasteiger charge is -2.32. The largest absolute Gasteiger partial charge is 0.371 e. The molecule has 6 nitrogen and oxygen atoms in total. The lowest BCUT2D eigenvalue weighted by molar-refractivity contribution is -0.119. The van der Waals surface area contributed by atoms with Crippen molar-refractivity contribution in [3.8, 4) is 0 Å². The van der Waals surface area contributed by atoms with Crippen LogP contribution >= 0.6 is 0 Å². The molecule has 4 rings (SSSR count). The zero-order valence-corrected chi connectivity index (χ0v) is 23.0. The Morgan fingerprint density at radius 2 is 1.68 bits per heavy atom. The number of carbonyl (C=O) groups excluding carboxylic acids is 1. The maximum Gasteiger partial charge on any atom is 0.264 e. The number of aryl methyl sites for hydroxylation is 3. The molecule has 1 atom stereocenters. The Hall–Kier alpha value is -3.32. The van der Waals surface area contributed by atoms with Gasteiger partial charge in [-0.05, 0) is 92.6 Å². The smallest absolute Gasteiger partial charge is 0.264 e. The van der Waals surface area contributed by atoms with Gasteiger partial charge < -0.3 is 10.2 Å². The second-order valence-corrected chi connectivity index (χ2v) is 12.1. The number of nitrogens with zero attached hydrogens (tertiary/aromatic N) is 2. The molecule has 1 saturated heterocycles. The van der Waals surface area contributed by atoms with Gasteiger partial charge in [0, 0.05) is 25.3 Å². The predicted molar refractivity (Wildman–Crippen MR) is 151 cm³/mol. The summed E-state index contributed by atoms with van der Waals surface area (Å²) in [6.07, 6.45) is 2.49. The fraction of sp³-hybridized carbons (Fsp3) is 0.367. The third kappa shape index (κ3) is 6.52. The van der Waals surface area contributed by atoms with Crippen molar-refractivity contribution in [1.82, 2.24) is 5.32 Å². The number of hydrogen-bond donors (Lipinski definition) is 1. The number of amides is 1. The average molecular weight is 520 g/mol. The molecule has 1 aliphatic heterocycles. The second-order valence-electron chi connectivity index (χ2n) is 10.2. The first-order chi connectivity index (χ1) is 17.6. The van der Waals surface area contributed by atoms with E-state index in [1.54, 1.807) is 30.3 Å². The summed E-state index contributed by atoms with van der Waals surface area (Å²) in [5, 5.41) is 2.91. The minimum absolute atomic E-state index is 0.159. The zero-order chi connectivity index (χ0) is 26.6. The lowest BCUT2D eigenvalue weighted by atomic mass is 9.99. The molecular formula is C30H37N3O3S. The Balaban J connectivity index is 1.48. The standard InChI is InChI=1S/C30H37N3O3S/c1-22-7-15-29(16-8-22)37(35,36)33(28-12-9-24(3)25(4)18-28)21-30(34)31-19-26-10-13-27(14-11-26)32-17-5-6-23(2)20-32/h7-16,18,23H,5-6,17,19-21H2,1-4H3,(H,31,34). The Labute approximate surface area is 221 Å². The summed E-state index contributed by atoms with van der Waals surface area (Å²) >= 11 is 0. The minimum Gasteiger partial charge on any atom is -0.371 e. The van der Waals surface area contributed by atoms with Crippen molar-refractivity contribution in [2.75, 3.05) is 28.8 Å². The van der Waals surface area contributed by atoms with Gasteiger partial charge in [0.15, 0.2) is 0 Å². The van der Waals surface area contributed by atoms with E-state index in [1.165, 1.54) is 22.8 Å². The van der Waals surface area contributed by atoms with Crippen LogP contribution < -0.4 is 14.5 Å². The number of rotatable bonds is 8. The molecule has 0 radical (unpaired) electrons. The van der Waals surface area contributed by atoms with Gasteiger partial charge in [0.1, 0.15) is 6.54 Å². The number of hydrogen-bond acceptors (Lipinski definition) is 4. The summed E-state index contributed by atoms with van der Waals surface area (Å²) in [5.41, 5.74) is 5.63. The van der Waals surface area contributed by atoms with Crippen LogP contribution in [-0.2, 0) is 21.4 Å². The molecule has 37 heavy (non-hydrogen) atoms. The van der Waals surface area contributed by atoms with Crippen LogP contribution in [-0.4, -0.2) is 34.0 Å². The molecule has 0 aromatic heterocycles. The Kier molecular flexibility index (Phi) is 8.22. The van der Waals surface area contributed by atoms with E-state index >= 15 is 0 Å². The fourth-order valence-corrected chi connectivity index (χ4v) is 6.08. The van der Waals surface area contributed by atoms with E-state index in [1.807, 2.05) is 45.0 Å². The monoisotopic (exact) mass is 519 g/mol. The van der Waals surface area contributed by atoms with Crippen LogP contribution in [0.4, 0.5) is 11.4 Å². The molecular weight excluding hydrogens is 482 g/mol. The van der Waals surface area contributed by atoms with E-state index in [0.717, 1.165) is 35.3 Å². The topological polar surface area (TPSA) is 69.7 Å². The Morgan fingerprint density at radius 3 is 2.32 bits per heavy atom. The number of sulfonamides is 1. The number of nitrogens with one attached hydrogen (secondary N) is 1. The molecule has 1 fully saturated rings. The number of piperidine rings is 1. The highest BCUT2D eigenvalue weighted by atomic mass is 32.2. The molecule has 0 aliphatic carbocycles. The predicted octanol–water partition coefficient (Wildman–Crippen LogP) is 5.36. The summed E-state index contributed by atoms with van der Waals surface area (Å²) < 4.78 is 28.4. The second kappa shape index (κ2) is 11.4. The van der Waals surface area contributed by atoms with Gasteiger partial charge in [-0.25, -0.2) is 8.42 Å². The van der Waals surface area contributed by atoms with E-state index < -0.39 is 10.0 Å². The van der Waals surface area contributed by atoms with Gasteiger partial charge >= 0.3 is 0 Å². The fourth-order valence-electron chi connectivity index (χ4n) is 4.67. The third-order valence-corrected chi connectivity index (χ3v) is 8.91. The molecule has 3 aromatic rings. The Morgan fingerprint density at radius 1 is 0.973 bits per heavy atom. The first-order valence-corrected chi connectivity index (χ1v) is 14.3. The van der Waals surface area contributed by atoms with Crippen LogP contribution in [0.2, 0.25) is 0 Å². The van der Waals surface area contributed by atoms with Crippen LogP contribution in [0.25, 0.3) is 0 Å². The van der Waals surface area contributed by atoms with E-state index in [4.69, 9.17) is 0 Å². The van der Waals surface area contributed by atoms with Crippen molar-refractivity contribution >= 4 is 27.3 Å². The summed E-state index contributed by atoms with van der Waals surface area (Å²) in [7, 11) is -3.93. The van der Waals surface area contributed by atoms with Crippen LogP contribution in [0.5, 0.6) is 0 Å². The van der Waals surface area contributed by atoms with Crippen molar-refractivity contribution in [1.29, 1.82) is 0 Å². The summed E-state index contributed by atoms with van der Waals surface area (Å²) in [6.45, 7) is 10.3. The van der Waals surface area contributed by atoms with E-state index in [0.29, 0.717) is 18.2 Å². The van der Waals surface area contributed by atoms with Crippen LogP contribution in [0, 0.1) is 26.7 Å². The highest BCUT2D eigenvalue weighted by Gasteiger charge is 2.27. The molecule has 7 heteroatoms. The first kappa shape index (κ1) is 26.7. The van der Waals surface area contributed by atoms with Gasteiger partial charge in [-0.15, -0.1) is 0 Å². The highest BCUT2D eigenvalue weighted by molar-refractivity contribution is 7.92. The number of carbonyl (C=O) groups is 1. The normalized spacial score (nSPS) is 15.9. The van der Waals surface area contributed by atoms with Crippen LogP contribution in [0.3, 0.4) is 0 Å². The minimum atomic E-state index is -3.93. The van der Waals surface area contributed by atoms with E-state index in [-0.39, 0.29) is 17.3 Å². The van der Waals surface area contributed by atoms with Crippen molar-refractivity contribution in [3.05, 3.63) is 89.0 Å². The van der Waals surface area contributed by atoms with Crippen molar-refractivity contribution < 1.29 is 13.2 Å². The van der Waals surface area contributed by atoms with Crippen molar-refractivity contribution in [2.24, 2.45) is 5.92 Å². The Bertz CT molecular complexity index is 1340. The molecule has 196 valence electrons.